The molecule has 4 rings (SSSR count). The van der Waals surface area contributed by atoms with E-state index >= 15 is 0 Å². The zero-order valence-corrected chi connectivity index (χ0v) is 16.1. The summed E-state index contributed by atoms with van der Waals surface area (Å²) in [4.78, 5) is 2.54. The number of hydrogen-bond acceptors (Lipinski definition) is 2. The van der Waals surface area contributed by atoms with Crippen molar-refractivity contribution in [3.8, 4) is 0 Å². The molecule has 1 fully saturated rings. The zero-order chi connectivity index (χ0) is 19.2. The Balaban J connectivity index is 1.47. The lowest BCUT2D eigenvalue weighted by atomic mass is 9.85. The third-order valence-electron chi connectivity index (χ3n) is 5.69. The molecule has 3 aromatic rings. The fraction of sp³-hybridized carbons (Fsp3) is 0.280. The summed E-state index contributed by atoms with van der Waals surface area (Å²) in [5.41, 5.74) is 3.44. The second kappa shape index (κ2) is 9.13. The predicted molar refractivity (Wildman–Crippen MR) is 113 cm³/mol. The van der Waals surface area contributed by atoms with Crippen LogP contribution in [0.15, 0.2) is 84.9 Å². The van der Waals surface area contributed by atoms with Gasteiger partial charge in [-0.2, -0.15) is 0 Å². The second-order valence-corrected chi connectivity index (χ2v) is 7.61. The van der Waals surface area contributed by atoms with Gasteiger partial charge in [0.1, 0.15) is 5.82 Å². The minimum atomic E-state index is -0.132. The van der Waals surface area contributed by atoms with Crippen molar-refractivity contribution in [3.05, 3.63) is 107 Å². The number of rotatable bonds is 6. The molecular formula is C25H27FN2. The van der Waals surface area contributed by atoms with Crippen LogP contribution < -0.4 is 5.32 Å². The van der Waals surface area contributed by atoms with Gasteiger partial charge >= 0.3 is 0 Å². The zero-order valence-electron chi connectivity index (χ0n) is 16.1. The molecule has 0 amide bonds. The van der Waals surface area contributed by atoms with Crippen molar-refractivity contribution in [2.75, 3.05) is 13.1 Å². The van der Waals surface area contributed by atoms with Gasteiger partial charge in [0.15, 0.2) is 0 Å². The van der Waals surface area contributed by atoms with E-state index in [1.165, 1.54) is 17.2 Å². The number of benzene rings is 3. The van der Waals surface area contributed by atoms with Gasteiger partial charge in [0.25, 0.3) is 0 Å². The minimum absolute atomic E-state index is 0.132. The van der Waals surface area contributed by atoms with Crippen molar-refractivity contribution >= 4 is 0 Å². The van der Waals surface area contributed by atoms with Gasteiger partial charge in [0, 0.05) is 43.7 Å². The third kappa shape index (κ3) is 4.67. The fourth-order valence-corrected chi connectivity index (χ4v) is 4.17. The maximum Gasteiger partial charge on any atom is 0.127 e. The number of piperidine rings is 1. The highest BCUT2D eigenvalue weighted by molar-refractivity contribution is 5.24. The van der Waals surface area contributed by atoms with E-state index in [1.807, 2.05) is 12.1 Å². The molecule has 1 saturated heterocycles. The molecule has 28 heavy (non-hydrogen) atoms. The molecule has 1 aliphatic heterocycles. The van der Waals surface area contributed by atoms with Crippen LogP contribution in [0.5, 0.6) is 0 Å². The maximum absolute atomic E-state index is 14.0. The lowest BCUT2D eigenvalue weighted by molar-refractivity contribution is 0.166. The van der Waals surface area contributed by atoms with Gasteiger partial charge in [0.05, 0.1) is 0 Å². The van der Waals surface area contributed by atoms with Crippen molar-refractivity contribution < 1.29 is 4.39 Å². The summed E-state index contributed by atoms with van der Waals surface area (Å²) in [5.74, 6) is 0.262. The summed E-state index contributed by atoms with van der Waals surface area (Å²) < 4.78 is 14.0. The van der Waals surface area contributed by atoms with Crippen LogP contribution in [0, 0.1) is 5.82 Å². The highest BCUT2D eigenvalue weighted by Gasteiger charge is 2.30. The highest BCUT2D eigenvalue weighted by Crippen LogP contribution is 2.28. The molecular weight excluding hydrogens is 347 g/mol. The Hall–Kier alpha value is -2.49. The molecule has 1 heterocycles. The van der Waals surface area contributed by atoms with E-state index < -0.39 is 0 Å². The molecule has 0 aliphatic carbocycles. The Morgan fingerprint density at radius 1 is 0.857 bits per heavy atom. The van der Waals surface area contributed by atoms with Gasteiger partial charge in [0.2, 0.25) is 0 Å². The van der Waals surface area contributed by atoms with Crippen molar-refractivity contribution in [1.29, 1.82) is 0 Å². The summed E-state index contributed by atoms with van der Waals surface area (Å²) in [6.45, 7) is 3.60. The van der Waals surface area contributed by atoms with Crippen molar-refractivity contribution in [1.82, 2.24) is 10.2 Å². The fourth-order valence-electron chi connectivity index (χ4n) is 4.17. The van der Waals surface area contributed by atoms with Crippen LogP contribution in [0.1, 0.15) is 29.0 Å². The van der Waals surface area contributed by atoms with E-state index in [-0.39, 0.29) is 5.82 Å². The predicted octanol–water partition coefficient (Wildman–Crippen LogP) is 4.97. The Morgan fingerprint density at radius 2 is 1.54 bits per heavy atom. The summed E-state index contributed by atoms with van der Waals surface area (Å²) in [7, 11) is 0. The molecule has 1 N–H and O–H groups in total. The molecule has 144 valence electrons. The van der Waals surface area contributed by atoms with E-state index in [0.717, 1.165) is 31.6 Å². The second-order valence-electron chi connectivity index (χ2n) is 7.61. The lowest BCUT2D eigenvalue weighted by Gasteiger charge is -2.39. The SMILES string of the molecule is Fc1ccccc1CN[C@@H]1CCN(Cc2ccccc2)C[C@H]1c1ccccc1. The molecule has 0 unspecified atom stereocenters. The first kappa shape index (κ1) is 18.9. The normalized spacial score (nSPS) is 20.2. The Labute approximate surface area is 167 Å². The molecule has 0 saturated carbocycles. The van der Waals surface area contributed by atoms with E-state index in [1.54, 1.807) is 6.07 Å². The van der Waals surface area contributed by atoms with Crippen molar-refractivity contribution in [2.45, 2.75) is 31.5 Å². The van der Waals surface area contributed by atoms with E-state index in [9.17, 15) is 4.39 Å². The standard InChI is InChI=1S/C25H27FN2/c26-24-14-8-7-13-22(24)17-27-25-15-16-28(18-20-9-3-1-4-10-20)19-23(25)21-11-5-2-6-12-21/h1-14,23,25,27H,15-19H2/t23-,25+/m0/s1. The largest absolute Gasteiger partial charge is 0.309 e. The minimum Gasteiger partial charge on any atom is -0.309 e. The van der Waals surface area contributed by atoms with Gasteiger partial charge in [-0.05, 0) is 23.6 Å². The van der Waals surface area contributed by atoms with Crippen LogP contribution in [-0.4, -0.2) is 24.0 Å². The van der Waals surface area contributed by atoms with Gasteiger partial charge in [-0.1, -0.05) is 78.9 Å². The topological polar surface area (TPSA) is 15.3 Å². The average molecular weight is 375 g/mol. The molecule has 2 nitrogen and oxygen atoms in total. The number of nitrogens with one attached hydrogen (secondary N) is 1. The monoisotopic (exact) mass is 374 g/mol. The maximum atomic E-state index is 14.0. The quantitative estimate of drug-likeness (QED) is 0.655. The molecule has 1 aliphatic rings. The summed E-state index contributed by atoms with van der Waals surface area (Å²) in [5, 5.41) is 3.65. The van der Waals surface area contributed by atoms with Crippen LogP contribution in [0.25, 0.3) is 0 Å². The summed E-state index contributed by atoms with van der Waals surface area (Å²) in [6, 6.07) is 28.8. The molecule has 0 radical (unpaired) electrons. The molecule has 0 bridgehead atoms. The van der Waals surface area contributed by atoms with Crippen LogP contribution in [-0.2, 0) is 13.1 Å². The highest BCUT2D eigenvalue weighted by atomic mass is 19.1. The van der Waals surface area contributed by atoms with E-state index in [0.29, 0.717) is 18.5 Å². The van der Waals surface area contributed by atoms with Crippen LogP contribution in [0.3, 0.4) is 0 Å². The van der Waals surface area contributed by atoms with Gasteiger partial charge < -0.3 is 5.32 Å². The number of likely N-dealkylation sites (tertiary alicyclic amines) is 1. The molecule has 2 atom stereocenters. The number of halogens is 1. The molecule has 3 heteroatoms. The van der Waals surface area contributed by atoms with E-state index in [2.05, 4.69) is 70.9 Å². The lowest BCUT2D eigenvalue weighted by Crippen LogP contribution is -2.47. The third-order valence-corrected chi connectivity index (χ3v) is 5.69. The Kier molecular flexibility index (Phi) is 6.15. The van der Waals surface area contributed by atoms with Crippen molar-refractivity contribution in [3.63, 3.8) is 0 Å². The number of nitrogens with zero attached hydrogens (tertiary/aromatic N) is 1. The Bertz CT molecular complexity index is 866. The molecule has 0 aromatic heterocycles. The first-order valence-corrected chi connectivity index (χ1v) is 10.1. The van der Waals surface area contributed by atoms with Gasteiger partial charge in [-0.3, -0.25) is 4.90 Å². The Morgan fingerprint density at radius 3 is 2.29 bits per heavy atom. The van der Waals surface area contributed by atoms with Gasteiger partial charge in [-0.25, -0.2) is 4.39 Å². The van der Waals surface area contributed by atoms with Crippen molar-refractivity contribution in [2.24, 2.45) is 0 Å². The smallest absolute Gasteiger partial charge is 0.127 e. The average Bonchev–Trinajstić information content (AvgIpc) is 2.75. The van der Waals surface area contributed by atoms with Crippen LogP contribution >= 0.6 is 0 Å². The first-order valence-electron chi connectivity index (χ1n) is 10.1. The number of hydrogen-bond donors (Lipinski definition) is 1. The molecule has 3 aromatic carbocycles. The summed E-state index contributed by atoms with van der Waals surface area (Å²) >= 11 is 0. The summed E-state index contributed by atoms with van der Waals surface area (Å²) in [6.07, 6.45) is 1.06. The first-order chi connectivity index (χ1) is 13.8. The van der Waals surface area contributed by atoms with E-state index in [4.69, 9.17) is 0 Å². The van der Waals surface area contributed by atoms with Crippen LogP contribution in [0.2, 0.25) is 0 Å². The van der Waals surface area contributed by atoms with Crippen LogP contribution in [0.4, 0.5) is 4.39 Å². The molecule has 0 spiro atoms. The van der Waals surface area contributed by atoms with Gasteiger partial charge in [-0.15, -0.1) is 0 Å².